The number of nitrogens with zero attached hydrogens (tertiary/aromatic N) is 5. The van der Waals surface area contributed by atoms with E-state index in [1.807, 2.05) is 24.0 Å². The van der Waals surface area contributed by atoms with Gasteiger partial charge in [0.2, 0.25) is 17.6 Å². The minimum Gasteiger partial charge on any atom is -0.353 e. The molecule has 0 N–H and O–H groups in total. The zero-order valence-corrected chi connectivity index (χ0v) is 16.0. The summed E-state index contributed by atoms with van der Waals surface area (Å²) >= 11 is 0. The van der Waals surface area contributed by atoms with Crippen LogP contribution >= 0.6 is 0 Å². The number of pyridine rings is 1. The molecule has 0 aromatic carbocycles. The maximum atomic E-state index is 12.4. The summed E-state index contributed by atoms with van der Waals surface area (Å²) in [6.07, 6.45) is 3.08. The van der Waals surface area contributed by atoms with Gasteiger partial charge in [-0.1, -0.05) is 32.9 Å². The van der Waals surface area contributed by atoms with Crippen LogP contribution in [0, 0.1) is 5.41 Å². The van der Waals surface area contributed by atoms with Gasteiger partial charge in [-0.05, 0) is 17.5 Å². The van der Waals surface area contributed by atoms with Crippen molar-refractivity contribution in [1.82, 2.24) is 20.0 Å². The molecule has 26 heavy (non-hydrogen) atoms. The molecule has 0 saturated carbocycles. The number of aromatic nitrogens is 3. The van der Waals surface area contributed by atoms with Crippen molar-refractivity contribution in [2.75, 3.05) is 31.1 Å². The van der Waals surface area contributed by atoms with Crippen LogP contribution in [0.2, 0.25) is 0 Å². The number of carbonyl (C=O) groups excluding carboxylic acids is 1. The highest BCUT2D eigenvalue weighted by Gasteiger charge is 2.25. The molecule has 0 aliphatic carbocycles. The maximum Gasteiger partial charge on any atom is 0.226 e. The van der Waals surface area contributed by atoms with E-state index in [1.165, 1.54) is 0 Å². The second-order valence-electron chi connectivity index (χ2n) is 7.88. The molecule has 1 amide bonds. The zero-order valence-electron chi connectivity index (χ0n) is 16.0. The molecule has 2 aromatic heterocycles. The van der Waals surface area contributed by atoms with Crippen LogP contribution in [0.15, 0.2) is 22.9 Å². The number of carbonyl (C=O) groups is 1. The van der Waals surface area contributed by atoms with Gasteiger partial charge in [0.1, 0.15) is 5.82 Å². The number of hydrogen-bond acceptors (Lipinski definition) is 6. The molecule has 2 aromatic rings. The summed E-state index contributed by atoms with van der Waals surface area (Å²) in [6, 6.07) is 3.94. The molecule has 0 radical (unpaired) electrons. The molecule has 1 fully saturated rings. The molecule has 7 heteroatoms. The van der Waals surface area contributed by atoms with Crippen LogP contribution in [0.1, 0.15) is 40.0 Å². The molecule has 3 rings (SSSR count). The SMILES string of the molecule is CCc1nc(-c2ccc(N3CCN(C(=O)CC(C)(C)C)CC3)nc2)no1. The molecule has 1 aliphatic heterocycles. The Labute approximate surface area is 154 Å². The third kappa shape index (κ3) is 4.39. The minimum atomic E-state index is 0.0262. The van der Waals surface area contributed by atoms with Crippen LogP contribution in [-0.2, 0) is 11.2 Å². The monoisotopic (exact) mass is 357 g/mol. The molecular weight excluding hydrogens is 330 g/mol. The van der Waals surface area contributed by atoms with Crippen LogP contribution in [0.25, 0.3) is 11.4 Å². The van der Waals surface area contributed by atoms with E-state index in [0.29, 0.717) is 18.1 Å². The van der Waals surface area contributed by atoms with Gasteiger partial charge in [0.05, 0.1) is 0 Å². The highest BCUT2D eigenvalue weighted by atomic mass is 16.5. The van der Waals surface area contributed by atoms with Crippen molar-refractivity contribution in [2.45, 2.75) is 40.5 Å². The lowest BCUT2D eigenvalue weighted by molar-refractivity contribution is -0.133. The van der Waals surface area contributed by atoms with Crippen LogP contribution in [-0.4, -0.2) is 52.1 Å². The highest BCUT2D eigenvalue weighted by Crippen LogP contribution is 2.22. The molecule has 7 nitrogen and oxygen atoms in total. The Morgan fingerprint density at radius 2 is 1.92 bits per heavy atom. The number of anilines is 1. The normalized spacial score (nSPS) is 15.4. The van der Waals surface area contributed by atoms with Crippen LogP contribution in [0.4, 0.5) is 5.82 Å². The summed E-state index contributed by atoms with van der Waals surface area (Å²) in [5.41, 5.74) is 0.870. The lowest BCUT2D eigenvalue weighted by Gasteiger charge is -2.36. The van der Waals surface area contributed by atoms with E-state index in [4.69, 9.17) is 4.52 Å². The van der Waals surface area contributed by atoms with Crippen LogP contribution in [0.3, 0.4) is 0 Å². The Balaban J connectivity index is 1.58. The molecule has 3 heterocycles. The van der Waals surface area contributed by atoms with Crippen molar-refractivity contribution >= 4 is 11.7 Å². The van der Waals surface area contributed by atoms with Gasteiger partial charge in [-0.2, -0.15) is 4.98 Å². The zero-order chi connectivity index (χ0) is 18.7. The molecule has 0 bridgehead atoms. The van der Waals surface area contributed by atoms with Gasteiger partial charge in [0, 0.05) is 50.8 Å². The summed E-state index contributed by atoms with van der Waals surface area (Å²) < 4.78 is 5.15. The molecule has 140 valence electrons. The fourth-order valence-electron chi connectivity index (χ4n) is 2.97. The van der Waals surface area contributed by atoms with E-state index in [2.05, 4.69) is 40.8 Å². The van der Waals surface area contributed by atoms with Gasteiger partial charge in [0.25, 0.3) is 0 Å². The highest BCUT2D eigenvalue weighted by molar-refractivity contribution is 5.77. The summed E-state index contributed by atoms with van der Waals surface area (Å²) in [6.45, 7) is 11.3. The van der Waals surface area contributed by atoms with E-state index in [1.54, 1.807) is 6.20 Å². The number of rotatable bonds is 4. The predicted octanol–water partition coefficient (Wildman–Crippen LogP) is 2.78. The molecule has 0 spiro atoms. The summed E-state index contributed by atoms with van der Waals surface area (Å²) in [7, 11) is 0. The van der Waals surface area contributed by atoms with Crippen LogP contribution < -0.4 is 4.90 Å². The first-order valence-corrected chi connectivity index (χ1v) is 9.17. The standard InChI is InChI=1S/C19H27N5O2/c1-5-16-21-18(22-26-16)14-6-7-15(20-13-14)23-8-10-24(11-9-23)17(25)12-19(2,3)4/h6-7,13H,5,8-12H2,1-4H3. The topological polar surface area (TPSA) is 75.4 Å². The molecule has 1 aliphatic rings. The third-order valence-electron chi connectivity index (χ3n) is 4.41. The van der Waals surface area contributed by atoms with E-state index in [0.717, 1.165) is 44.0 Å². The Bertz CT molecular complexity index is 740. The Morgan fingerprint density at radius 1 is 1.19 bits per heavy atom. The Kier molecular flexibility index (Phi) is 5.25. The van der Waals surface area contributed by atoms with E-state index < -0.39 is 0 Å². The van der Waals surface area contributed by atoms with Crippen LogP contribution in [0.5, 0.6) is 0 Å². The number of hydrogen-bond donors (Lipinski definition) is 0. The van der Waals surface area contributed by atoms with Gasteiger partial charge in [-0.15, -0.1) is 0 Å². The number of amides is 1. The number of aryl methyl sites for hydroxylation is 1. The number of piperazine rings is 1. The maximum absolute atomic E-state index is 12.4. The summed E-state index contributed by atoms with van der Waals surface area (Å²) in [5, 5.41) is 3.97. The van der Waals surface area contributed by atoms with Crippen molar-refractivity contribution in [3.63, 3.8) is 0 Å². The van der Waals surface area contributed by atoms with Crippen molar-refractivity contribution in [3.8, 4) is 11.4 Å². The van der Waals surface area contributed by atoms with Crippen molar-refractivity contribution < 1.29 is 9.32 Å². The second kappa shape index (κ2) is 7.43. The summed E-state index contributed by atoms with van der Waals surface area (Å²) in [5.74, 6) is 2.35. The minimum absolute atomic E-state index is 0.0262. The smallest absolute Gasteiger partial charge is 0.226 e. The molecule has 0 atom stereocenters. The van der Waals surface area contributed by atoms with E-state index >= 15 is 0 Å². The van der Waals surface area contributed by atoms with Gasteiger partial charge in [0.15, 0.2) is 0 Å². The predicted molar refractivity (Wildman–Crippen MR) is 99.8 cm³/mol. The van der Waals surface area contributed by atoms with Gasteiger partial charge >= 0.3 is 0 Å². The Hall–Kier alpha value is -2.44. The first kappa shape index (κ1) is 18.4. The van der Waals surface area contributed by atoms with Gasteiger partial charge in [-0.3, -0.25) is 4.79 Å². The first-order valence-electron chi connectivity index (χ1n) is 9.17. The molecular formula is C19H27N5O2. The lowest BCUT2D eigenvalue weighted by Crippen LogP contribution is -2.49. The van der Waals surface area contributed by atoms with Gasteiger partial charge < -0.3 is 14.3 Å². The lowest BCUT2D eigenvalue weighted by atomic mass is 9.91. The van der Waals surface area contributed by atoms with Crippen molar-refractivity contribution in [1.29, 1.82) is 0 Å². The van der Waals surface area contributed by atoms with E-state index in [9.17, 15) is 4.79 Å². The molecule has 0 unspecified atom stereocenters. The Morgan fingerprint density at radius 3 is 2.46 bits per heavy atom. The largest absolute Gasteiger partial charge is 0.353 e. The van der Waals surface area contributed by atoms with Crippen molar-refractivity contribution in [3.05, 3.63) is 24.2 Å². The molecule has 1 saturated heterocycles. The second-order valence-corrected chi connectivity index (χ2v) is 7.88. The quantitative estimate of drug-likeness (QED) is 0.837. The van der Waals surface area contributed by atoms with E-state index in [-0.39, 0.29) is 11.3 Å². The average Bonchev–Trinajstić information content (AvgIpc) is 3.10. The third-order valence-corrected chi connectivity index (χ3v) is 4.41. The van der Waals surface area contributed by atoms with Crippen molar-refractivity contribution in [2.24, 2.45) is 5.41 Å². The summed E-state index contributed by atoms with van der Waals surface area (Å²) in [4.78, 5) is 25.4. The fourth-order valence-corrected chi connectivity index (χ4v) is 2.97. The fraction of sp³-hybridized carbons (Fsp3) is 0.579. The average molecular weight is 357 g/mol. The first-order chi connectivity index (χ1) is 12.4. The van der Waals surface area contributed by atoms with Gasteiger partial charge in [-0.25, -0.2) is 4.98 Å².